The van der Waals surface area contributed by atoms with Crippen molar-refractivity contribution in [1.82, 2.24) is 5.32 Å². The minimum Gasteiger partial charge on any atom is -0.339 e. The molecular formula is C12H11ClN2O2S2. The zero-order chi connectivity index (χ0) is 13.8. The summed E-state index contributed by atoms with van der Waals surface area (Å²) in [5.74, 6) is 0. The molecule has 2 N–H and O–H groups in total. The molecule has 0 radical (unpaired) electrons. The molecule has 0 aliphatic rings. The van der Waals surface area contributed by atoms with Gasteiger partial charge in [0.05, 0.1) is 0 Å². The summed E-state index contributed by atoms with van der Waals surface area (Å²) in [5, 5.41) is 15.7. The first kappa shape index (κ1) is 14.2. The van der Waals surface area contributed by atoms with Crippen molar-refractivity contribution in [2.24, 2.45) is 0 Å². The van der Waals surface area contributed by atoms with Crippen LogP contribution in [0.4, 0.5) is 9.80 Å². The standard InChI is InChI=1S/C12H11ClN2O2S2/c1-14-12(16)15(17)11-10(6-7-18-11)19-9-4-2-8(13)3-5-9/h2-7,17H,1H3,(H,14,16). The highest BCUT2D eigenvalue weighted by Crippen LogP contribution is 2.39. The molecule has 4 nitrogen and oxygen atoms in total. The van der Waals surface area contributed by atoms with Crippen molar-refractivity contribution in [2.75, 3.05) is 12.1 Å². The molecule has 7 heteroatoms. The molecule has 0 saturated heterocycles. The summed E-state index contributed by atoms with van der Waals surface area (Å²) in [6.45, 7) is 0. The van der Waals surface area contributed by atoms with Crippen molar-refractivity contribution in [2.45, 2.75) is 9.79 Å². The maximum atomic E-state index is 11.4. The Bertz CT molecular complexity index is 571. The molecule has 2 rings (SSSR count). The van der Waals surface area contributed by atoms with Crippen molar-refractivity contribution >= 4 is 45.7 Å². The number of nitrogens with zero attached hydrogens (tertiary/aromatic N) is 1. The molecule has 0 aliphatic heterocycles. The third kappa shape index (κ3) is 3.42. The highest BCUT2D eigenvalue weighted by molar-refractivity contribution is 7.99. The Morgan fingerprint density at radius 1 is 1.37 bits per heavy atom. The fourth-order valence-electron chi connectivity index (χ4n) is 1.35. The van der Waals surface area contributed by atoms with Gasteiger partial charge in [0, 0.05) is 21.9 Å². The van der Waals surface area contributed by atoms with E-state index in [1.807, 2.05) is 23.6 Å². The molecule has 0 atom stereocenters. The molecule has 0 unspecified atom stereocenters. The highest BCUT2D eigenvalue weighted by Gasteiger charge is 2.17. The van der Waals surface area contributed by atoms with Crippen molar-refractivity contribution < 1.29 is 10.0 Å². The Hall–Kier alpha value is -1.21. The van der Waals surface area contributed by atoms with Gasteiger partial charge in [0.25, 0.3) is 0 Å². The number of hydrogen-bond acceptors (Lipinski definition) is 4. The molecule has 2 amide bonds. The second-order valence-corrected chi connectivity index (χ2v) is 5.96. The Labute approximate surface area is 124 Å². The Kier molecular flexibility index (Phi) is 4.71. The third-order valence-corrected chi connectivity index (χ3v) is 4.58. The summed E-state index contributed by atoms with van der Waals surface area (Å²) in [5.41, 5.74) is 0. The van der Waals surface area contributed by atoms with Gasteiger partial charge >= 0.3 is 6.03 Å². The summed E-state index contributed by atoms with van der Waals surface area (Å²) in [6, 6.07) is 8.65. The van der Waals surface area contributed by atoms with Crippen LogP contribution < -0.4 is 10.4 Å². The van der Waals surface area contributed by atoms with Gasteiger partial charge in [0.15, 0.2) is 0 Å². The normalized spacial score (nSPS) is 10.3. The number of carbonyl (C=O) groups is 1. The summed E-state index contributed by atoms with van der Waals surface area (Å²) < 4.78 is 0. The van der Waals surface area contributed by atoms with Crippen LogP contribution in [0.1, 0.15) is 0 Å². The summed E-state index contributed by atoms with van der Waals surface area (Å²) in [7, 11) is 1.46. The van der Waals surface area contributed by atoms with E-state index in [1.165, 1.54) is 30.1 Å². The first-order valence-corrected chi connectivity index (χ1v) is 7.41. The summed E-state index contributed by atoms with van der Waals surface area (Å²) in [6.07, 6.45) is 0. The number of nitrogens with one attached hydrogen (secondary N) is 1. The average Bonchev–Trinajstić information content (AvgIpc) is 2.87. The van der Waals surface area contributed by atoms with Crippen LogP contribution in [0, 0.1) is 0 Å². The van der Waals surface area contributed by atoms with Crippen LogP contribution >= 0.6 is 34.7 Å². The lowest BCUT2D eigenvalue weighted by Crippen LogP contribution is -2.35. The number of benzene rings is 1. The zero-order valence-electron chi connectivity index (χ0n) is 9.96. The lowest BCUT2D eigenvalue weighted by atomic mass is 10.4. The molecule has 1 heterocycles. The van der Waals surface area contributed by atoms with E-state index in [9.17, 15) is 10.0 Å². The van der Waals surface area contributed by atoms with E-state index in [2.05, 4.69) is 5.32 Å². The molecule has 1 aromatic carbocycles. The minimum absolute atomic E-state index is 0.485. The molecule has 0 aliphatic carbocycles. The quantitative estimate of drug-likeness (QED) is 0.663. The number of rotatable bonds is 3. The number of urea groups is 1. The Morgan fingerprint density at radius 3 is 2.68 bits per heavy atom. The highest BCUT2D eigenvalue weighted by atomic mass is 35.5. The van der Waals surface area contributed by atoms with Crippen LogP contribution in [-0.4, -0.2) is 18.3 Å². The predicted molar refractivity (Wildman–Crippen MR) is 78.6 cm³/mol. The first-order chi connectivity index (χ1) is 9.11. The van der Waals surface area contributed by atoms with Gasteiger partial charge in [0.1, 0.15) is 5.00 Å². The van der Waals surface area contributed by atoms with Crippen molar-refractivity contribution in [3.63, 3.8) is 0 Å². The lowest BCUT2D eigenvalue weighted by molar-refractivity contribution is 0.207. The lowest BCUT2D eigenvalue weighted by Gasteiger charge is -2.13. The first-order valence-electron chi connectivity index (χ1n) is 5.33. The number of carbonyl (C=O) groups excluding carboxylic acids is 1. The molecule has 0 bridgehead atoms. The molecule has 1 aromatic heterocycles. The van der Waals surface area contributed by atoms with Gasteiger partial charge in [-0.15, -0.1) is 11.3 Å². The maximum absolute atomic E-state index is 11.4. The molecule has 19 heavy (non-hydrogen) atoms. The molecular weight excluding hydrogens is 304 g/mol. The molecule has 0 fully saturated rings. The van der Waals surface area contributed by atoms with Crippen LogP contribution in [0.3, 0.4) is 0 Å². The number of hydrogen-bond donors (Lipinski definition) is 2. The van der Waals surface area contributed by atoms with Gasteiger partial charge in [-0.05, 0) is 35.7 Å². The van der Waals surface area contributed by atoms with E-state index < -0.39 is 6.03 Å². The zero-order valence-corrected chi connectivity index (χ0v) is 12.4. The third-order valence-electron chi connectivity index (χ3n) is 2.25. The van der Waals surface area contributed by atoms with Gasteiger partial charge in [-0.1, -0.05) is 23.4 Å². The van der Waals surface area contributed by atoms with E-state index in [0.29, 0.717) is 15.1 Å². The Morgan fingerprint density at radius 2 is 2.05 bits per heavy atom. The second kappa shape index (κ2) is 6.29. The number of thiophene rings is 1. The number of hydroxylamine groups is 1. The average molecular weight is 315 g/mol. The van der Waals surface area contributed by atoms with Crippen LogP contribution in [-0.2, 0) is 0 Å². The monoisotopic (exact) mass is 314 g/mol. The molecule has 0 saturated carbocycles. The largest absolute Gasteiger partial charge is 0.346 e. The number of anilines is 1. The van der Waals surface area contributed by atoms with E-state index in [4.69, 9.17) is 11.6 Å². The van der Waals surface area contributed by atoms with Crippen LogP contribution in [0.15, 0.2) is 45.5 Å². The van der Waals surface area contributed by atoms with Gasteiger partial charge in [-0.25, -0.2) is 4.79 Å². The van der Waals surface area contributed by atoms with Crippen LogP contribution in [0.25, 0.3) is 0 Å². The predicted octanol–water partition coefficient (Wildman–Crippen LogP) is 4.09. The van der Waals surface area contributed by atoms with Gasteiger partial charge in [-0.3, -0.25) is 5.21 Å². The summed E-state index contributed by atoms with van der Waals surface area (Å²) in [4.78, 5) is 13.2. The SMILES string of the molecule is CNC(=O)N(O)c1sccc1Sc1ccc(Cl)cc1. The van der Waals surface area contributed by atoms with E-state index >= 15 is 0 Å². The van der Waals surface area contributed by atoms with Crippen molar-refractivity contribution in [1.29, 1.82) is 0 Å². The smallest absolute Gasteiger partial charge is 0.339 e. The topological polar surface area (TPSA) is 52.6 Å². The van der Waals surface area contributed by atoms with Crippen LogP contribution in [0.2, 0.25) is 5.02 Å². The van der Waals surface area contributed by atoms with Gasteiger partial charge < -0.3 is 5.32 Å². The second-order valence-electron chi connectivity index (χ2n) is 3.51. The minimum atomic E-state index is -0.569. The number of halogens is 1. The van der Waals surface area contributed by atoms with Crippen LogP contribution in [0.5, 0.6) is 0 Å². The van der Waals surface area contributed by atoms with E-state index in [1.54, 1.807) is 12.1 Å². The van der Waals surface area contributed by atoms with E-state index in [-0.39, 0.29) is 0 Å². The molecule has 0 spiro atoms. The fourth-order valence-corrected chi connectivity index (χ4v) is 3.37. The molecule has 100 valence electrons. The van der Waals surface area contributed by atoms with Crippen molar-refractivity contribution in [3.05, 3.63) is 40.7 Å². The van der Waals surface area contributed by atoms with Crippen molar-refractivity contribution in [3.8, 4) is 0 Å². The van der Waals surface area contributed by atoms with Gasteiger partial charge in [0.2, 0.25) is 0 Å². The molecule has 2 aromatic rings. The number of amides is 2. The van der Waals surface area contributed by atoms with E-state index in [0.717, 1.165) is 9.79 Å². The Balaban J connectivity index is 2.20. The van der Waals surface area contributed by atoms with Gasteiger partial charge in [-0.2, -0.15) is 5.06 Å². The maximum Gasteiger partial charge on any atom is 0.346 e. The summed E-state index contributed by atoms with van der Waals surface area (Å²) >= 11 is 8.58. The fraction of sp³-hybridized carbons (Fsp3) is 0.0833.